The molecule has 112 valence electrons. The van der Waals surface area contributed by atoms with E-state index in [-0.39, 0.29) is 17.5 Å². The second-order valence-corrected chi connectivity index (χ2v) is 6.24. The molecule has 0 unspecified atom stereocenters. The van der Waals surface area contributed by atoms with E-state index in [4.69, 9.17) is 5.73 Å². The van der Waals surface area contributed by atoms with Crippen LogP contribution in [0.2, 0.25) is 0 Å². The second-order valence-electron chi connectivity index (χ2n) is 4.01. The molecule has 0 saturated heterocycles. The van der Waals surface area contributed by atoms with Crippen LogP contribution in [0.3, 0.4) is 0 Å². The molecule has 21 heavy (non-hydrogen) atoms. The van der Waals surface area contributed by atoms with Crippen molar-refractivity contribution in [1.82, 2.24) is 19.3 Å². The first-order chi connectivity index (χ1) is 9.88. The minimum absolute atomic E-state index is 0.0675. The Morgan fingerprint density at radius 2 is 2.10 bits per heavy atom. The number of carbonyl (C=O) groups excluding carboxylic acids is 1. The molecule has 0 radical (unpaired) electrons. The van der Waals surface area contributed by atoms with E-state index in [1.807, 2.05) is 0 Å². The third-order valence-corrected chi connectivity index (χ3v) is 4.43. The monoisotopic (exact) mass is 328 g/mol. The van der Waals surface area contributed by atoms with Crippen LogP contribution in [0.5, 0.6) is 0 Å². The first kappa shape index (κ1) is 15.3. The lowest BCUT2D eigenvalue weighted by Crippen LogP contribution is -2.38. The van der Waals surface area contributed by atoms with Crippen molar-refractivity contribution < 1.29 is 4.79 Å². The summed E-state index contributed by atoms with van der Waals surface area (Å²) in [5, 5.41) is 10.2. The smallest absolute Gasteiger partial charge is 0.332 e. The van der Waals surface area contributed by atoms with Gasteiger partial charge in [-0.05, 0) is 0 Å². The van der Waals surface area contributed by atoms with Crippen LogP contribution in [0, 0.1) is 0 Å². The third kappa shape index (κ3) is 3.49. The largest absolute Gasteiger partial charge is 0.374 e. The molecule has 0 fully saturated rings. The van der Waals surface area contributed by atoms with Crippen LogP contribution < -0.4 is 22.3 Å². The minimum atomic E-state index is -0.512. The van der Waals surface area contributed by atoms with Crippen molar-refractivity contribution >= 4 is 40.0 Å². The molecule has 2 aromatic heterocycles. The van der Waals surface area contributed by atoms with Crippen molar-refractivity contribution in [2.75, 3.05) is 16.8 Å². The summed E-state index contributed by atoms with van der Waals surface area (Å²) < 4.78 is 2.71. The highest BCUT2D eigenvalue weighted by Gasteiger charge is 2.11. The summed E-state index contributed by atoms with van der Waals surface area (Å²) in [7, 11) is 2.84. The van der Waals surface area contributed by atoms with Gasteiger partial charge in [0.1, 0.15) is 5.82 Å². The van der Waals surface area contributed by atoms with Crippen LogP contribution in [0.15, 0.2) is 20.0 Å². The second kappa shape index (κ2) is 6.10. The fourth-order valence-corrected chi connectivity index (χ4v) is 2.87. The molecule has 11 heteroatoms. The van der Waals surface area contributed by atoms with Crippen molar-refractivity contribution in [3.63, 3.8) is 0 Å². The number of anilines is 2. The van der Waals surface area contributed by atoms with Crippen LogP contribution in [-0.4, -0.2) is 31.0 Å². The molecule has 1 amide bonds. The highest BCUT2D eigenvalue weighted by molar-refractivity contribution is 8.01. The standard InChI is InChI=1S/C10H12N6O3S2/c1-15-5(3-7(18)16(2)10(15)19)12-6(17)4-20-9-14-13-8(11)21-9/h3H,4H2,1-2H3,(H2,11,13)(H,12,17). The zero-order chi connectivity index (χ0) is 15.6. The van der Waals surface area contributed by atoms with Gasteiger partial charge in [0.25, 0.3) is 5.56 Å². The summed E-state index contributed by atoms with van der Waals surface area (Å²) in [4.78, 5) is 35.1. The molecule has 0 aliphatic heterocycles. The molecular formula is C10H12N6O3S2. The Hall–Kier alpha value is -2.14. The first-order valence-electron chi connectivity index (χ1n) is 5.67. The van der Waals surface area contributed by atoms with Crippen LogP contribution in [0.4, 0.5) is 10.9 Å². The van der Waals surface area contributed by atoms with Gasteiger partial charge in [0.15, 0.2) is 4.34 Å². The lowest BCUT2D eigenvalue weighted by Gasteiger charge is -2.10. The number of hydrogen-bond donors (Lipinski definition) is 2. The van der Waals surface area contributed by atoms with Gasteiger partial charge in [0, 0.05) is 20.2 Å². The highest BCUT2D eigenvalue weighted by Crippen LogP contribution is 2.23. The van der Waals surface area contributed by atoms with Crippen LogP contribution >= 0.6 is 23.1 Å². The highest BCUT2D eigenvalue weighted by atomic mass is 32.2. The average Bonchev–Trinajstić information content (AvgIpc) is 2.86. The lowest BCUT2D eigenvalue weighted by molar-refractivity contribution is -0.113. The minimum Gasteiger partial charge on any atom is -0.374 e. The molecule has 2 rings (SSSR count). The Morgan fingerprint density at radius 3 is 2.71 bits per heavy atom. The van der Waals surface area contributed by atoms with Crippen LogP contribution in [0.1, 0.15) is 0 Å². The van der Waals surface area contributed by atoms with Gasteiger partial charge in [-0.1, -0.05) is 23.1 Å². The third-order valence-electron chi connectivity index (χ3n) is 2.54. The number of aromatic nitrogens is 4. The van der Waals surface area contributed by atoms with Gasteiger partial charge in [-0.25, -0.2) is 4.79 Å². The van der Waals surface area contributed by atoms with Crippen molar-refractivity contribution in [1.29, 1.82) is 0 Å². The molecule has 0 saturated carbocycles. The Bertz CT molecular complexity index is 793. The topological polar surface area (TPSA) is 125 Å². The van der Waals surface area contributed by atoms with E-state index in [1.54, 1.807) is 0 Å². The first-order valence-corrected chi connectivity index (χ1v) is 7.47. The number of nitrogens with zero attached hydrogens (tertiary/aromatic N) is 4. The number of nitrogens with two attached hydrogens (primary N) is 1. The summed E-state index contributed by atoms with van der Waals surface area (Å²) in [6.07, 6.45) is 0. The average molecular weight is 328 g/mol. The van der Waals surface area contributed by atoms with E-state index in [0.717, 1.165) is 4.57 Å². The van der Waals surface area contributed by atoms with Gasteiger partial charge in [-0.15, -0.1) is 10.2 Å². The van der Waals surface area contributed by atoms with Gasteiger partial charge in [-0.3, -0.25) is 18.7 Å². The number of carbonyl (C=O) groups is 1. The van der Waals surface area contributed by atoms with Gasteiger partial charge >= 0.3 is 5.69 Å². The molecule has 0 aliphatic rings. The van der Waals surface area contributed by atoms with E-state index in [0.29, 0.717) is 9.47 Å². The zero-order valence-electron chi connectivity index (χ0n) is 11.2. The van der Waals surface area contributed by atoms with E-state index in [1.165, 1.54) is 47.8 Å². The van der Waals surface area contributed by atoms with Crippen molar-refractivity contribution in [3.05, 3.63) is 26.9 Å². The molecule has 0 atom stereocenters. The summed E-state index contributed by atoms with van der Waals surface area (Å²) in [6, 6.07) is 1.19. The Labute approximate surface area is 126 Å². The number of nitrogen functional groups attached to an aromatic ring is 1. The van der Waals surface area contributed by atoms with E-state index in [2.05, 4.69) is 15.5 Å². The summed E-state index contributed by atoms with van der Waals surface area (Å²) in [6.45, 7) is 0. The molecule has 3 N–H and O–H groups in total. The molecule has 0 spiro atoms. The maximum Gasteiger partial charge on any atom is 0.332 e. The van der Waals surface area contributed by atoms with E-state index >= 15 is 0 Å². The molecular weight excluding hydrogens is 316 g/mol. The van der Waals surface area contributed by atoms with E-state index < -0.39 is 11.2 Å². The molecule has 2 heterocycles. The van der Waals surface area contributed by atoms with E-state index in [9.17, 15) is 14.4 Å². The lowest BCUT2D eigenvalue weighted by atomic mass is 10.5. The number of hydrogen-bond acceptors (Lipinski definition) is 8. The summed E-state index contributed by atoms with van der Waals surface area (Å²) in [5.74, 6) is -0.152. The predicted molar refractivity (Wildman–Crippen MR) is 80.6 cm³/mol. The SMILES string of the molecule is Cn1c(NC(=O)CSc2nnc(N)s2)cc(=O)n(C)c1=O. The van der Waals surface area contributed by atoms with Gasteiger partial charge in [0.2, 0.25) is 11.0 Å². The van der Waals surface area contributed by atoms with Gasteiger partial charge < -0.3 is 11.1 Å². The predicted octanol–water partition coefficient (Wildman–Crippen LogP) is -0.751. The summed E-state index contributed by atoms with van der Waals surface area (Å²) in [5.41, 5.74) is 4.43. The van der Waals surface area contributed by atoms with Crippen molar-refractivity contribution in [3.8, 4) is 0 Å². The maximum atomic E-state index is 11.8. The molecule has 0 bridgehead atoms. The quantitative estimate of drug-likeness (QED) is 0.707. The number of amides is 1. The zero-order valence-corrected chi connectivity index (χ0v) is 12.8. The number of thioether (sulfide) groups is 1. The molecule has 2 aromatic rings. The molecule has 0 aliphatic carbocycles. The summed E-state index contributed by atoms with van der Waals surface area (Å²) >= 11 is 2.34. The molecule has 0 aromatic carbocycles. The Kier molecular flexibility index (Phi) is 4.43. The van der Waals surface area contributed by atoms with Crippen molar-refractivity contribution in [2.45, 2.75) is 4.34 Å². The Morgan fingerprint density at radius 1 is 1.38 bits per heavy atom. The normalized spacial score (nSPS) is 10.6. The van der Waals surface area contributed by atoms with Crippen LogP contribution in [-0.2, 0) is 18.9 Å². The van der Waals surface area contributed by atoms with Crippen LogP contribution in [0.25, 0.3) is 0 Å². The maximum absolute atomic E-state index is 11.8. The fraction of sp³-hybridized carbons (Fsp3) is 0.300. The van der Waals surface area contributed by atoms with Crippen molar-refractivity contribution in [2.24, 2.45) is 14.1 Å². The number of rotatable bonds is 4. The van der Waals surface area contributed by atoms with Gasteiger partial charge in [0.05, 0.1) is 5.75 Å². The van der Waals surface area contributed by atoms with Gasteiger partial charge in [-0.2, -0.15) is 0 Å². The number of nitrogens with one attached hydrogen (secondary N) is 1. The fourth-order valence-electron chi connectivity index (χ4n) is 1.44. The molecule has 9 nitrogen and oxygen atoms in total. The Balaban J connectivity index is 2.06.